The number of aryl methyl sites for hydroxylation is 2. The molecule has 188 valence electrons. The normalized spacial score (nSPS) is 15.3. The van der Waals surface area contributed by atoms with Crippen LogP contribution >= 0.6 is 0 Å². The molecule has 6 heteroatoms. The number of aromatic nitrogens is 4. The van der Waals surface area contributed by atoms with E-state index in [-0.39, 0.29) is 22.9 Å². The standard InChI is InChI=1S/C30H38N6/c1-29(2,3)25(31)27-33-16-23(35-27)18-9-7-17(8-10-18)19-11-13-21-20(15-19)12-14-22-24(21)36-28(34-22)26(32)30(4,5)6/h7-11,13,15-16,25-26H,12,14,31-32H2,1-6H3,(H,33,35)(H,34,36)/t25-,26?/m1/s1. The lowest BCUT2D eigenvalue weighted by Crippen LogP contribution is -2.27. The maximum Gasteiger partial charge on any atom is 0.124 e. The van der Waals surface area contributed by atoms with Crippen LogP contribution in [0.15, 0.2) is 48.7 Å². The molecule has 2 aromatic carbocycles. The van der Waals surface area contributed by atoms with Gasteiger partial charge in [0.25, 0.3) is 0 Å². The fourth-order valence-corrected chi connectivity index (χ4v) is 4.76. The Balaban J connectivity index is 1.39. The zero-order chi connectivity index (χ0) is 25.8. The fraction of sp³-hybridized carbons (Fsp3) is 0.400. The van der Waals surface area contributed by atoms with Crippen molar-refractivity contribution in [2.24, 2.45) is 22.3 Å². The van der Waals surface area contributed by atoms with Gasteiger partial charge in [-0.25, -0.2) is 9.97 Å². The number of hydrogen-bond donors (Lipinski definition) is 4. The SMILES string of the molecule is CC(C)(C)C(N)c1nc2c([nH]1)-c1ccc(-c3ccc(-c4c[nH]c([C@@H](N)C(C)(C)C)n4)cc3)cc1CC2. The highest BCUT2D eigenvalue weighted by Gasteiger charge is 2.28. The molecular weight excluding hydrogens is 444 g/mol. The highest BCUT2D eigenvalue weighted by atomic mass is 15.0. The molecule has 6 nitrogen and oxygen atoms in total. The van der Waals surface area contributed by atoms with Gasteiger partial charge >= 0.3 is 0 Å². The van der Waals surface area contributed by atoms with Gasteiger partial charge in [0.2, 0.25) is 0 Å². The minimum absolute atomic E-state index is 0.0462. The molecule has 5 rings (SSSR count). The molecule has 36 heavy (non-hydrogen) atoms. The van der Waals surface area contributed by atoms with Crippen molar-refractivity contribution < 1.29 is 0 Å². The molecule has 2 atom stereocenters. The quantitative estimate of drug-likeness (QED) is 0.273. The van der Waals surface area contributed by atoms with E-state index in [1.54, 1.807) is 0 Å². The summed E-state index contributed by atoms with van der Waals surface area (Å²) in [4.78, 5) is 16.4. The van der Waals surface area contributed by atoms with Crippen LogP contribution in [0.1, 0.15) is 76.5 Å². The first-order chi connectivity index (χ1) is 16.9. The average Bonchev–Trinajstić information content (AvgIpc) is 3.49. The molecule has 6 N–H and O–H groups in total. The molecular formula is C30H38N6. The summed E-state index contributed by atoms with van der Waals surface area (Å²) in [6.45, 7) is 12.8. The van der Waals surface area contributed by atoms with Crippen LogP contribution in [0.3, 0.4) is 0 Å². The Kier molecular flexibility index (Phi) is 5.92. The van der Waals surface area contributed by atoms with Gasteiger partial charge in [0.1, 0.15) is 11.6 Å². The van der Waals surface area contributed by atoms with Crippen LogP contribution < -0.4 is 11.5 Å². The summed E-state index contributed by atoms with van der Waals surface area (Å²) in [7, 11) is 0. The maximum absolute atomic E-state index is 6.49. The second kappa shape index (κ2) is 8.71. The summed E-state index contributed by atoms with van der Waals surface area (Å²) < 4.78 is 0. The molecule has 0 saturated carbocycles. The number of hydrogen-bond acceptors (Lipinski definition) is 4. The lowest BCUT2D eigenvalue weighted by molar-refractivity contribution is 0.316. The van der Waals surface area contributed by atoms with Gasteiger partial charge in [0, 0.05) is 17.3 Å². The van der Waals surface area contributed by atoms with Crippen LogP contribution in [-0.2, 0) is 12.8 Å². The van der Waals surface area contributed by atoms with Gasteiger partial charge in [0.05, 0.1) is 29.2 Å². The van der Waals surface area contributed by atoms with Crippen molar-refractivity contribution in [3.05, 3.63) is 71.6 Å². The Morgan fingerprint density at radius 2 is 1.36 bits per heavy atom. The lowest BCUT2D eigenvalue weighted by Gasteiger charge is -2.25. The minimum atomic E-state index is -0.142. The summed E-state index contributed by atoms with van der Waals surface area (Å²) in [5, 5.41) is 0. The van der Waals surface area contributed by atoms with Crippen molar-refractivity contribution in [2.75, 3.05) is 0 Å². The zero-order valence-electron chi connectivity index (χ0n) is 22.2. The third kappa shape index (κ3) is 4.51. The van der Waals surface area contributed by atoms with Gasteiger partial charge in [-0.1, -0.05) is 84.0 Å². The van der Waals surface area contributed by atoms with Gasteiger partial charge in [-0.15, -0.1) is 0 Å². The predicted octanol–water partition coefficient (Wildman–Crippen LogP) is 6.32. The van der Waals surface area contributed by atoms with Crippen molar-refractivity contribution in [3.8, 4) is 33.6 Å². The van der Waals surface area contributed by atoms with Crippen molar-refractivity contribution in [2.45, 2.75) is 66.5 Å². The maximum atomic E-state index is 6.49. The molecule has 0 spiro atoms. The number of nitrogens with zero attached hydrogens (tertiary/aromatic N) is 2. The molecule has 2 heterocycles. The van der Waals surface area contributed by atoms with Crippen LogP contribution in [0.4, 0.5) is 0 Å². The van der Waals surface area contributed by atoms with Crippen LogP contribution in [0.25, 0.3) is 33.6 Å². The molecule has 0 aliphatic heterocycles. The summed E-state index contributed by atoms with van der Waals surface area (Å²) in [5.74, 6) is 1.70. The Bertz CT molecular complexity index is 1380. The Hall–Kier alpha value is -3.22. The lowest BCUT2D eigenvalue weighted by atomic mass is 9.87. The van der Waals surface area contributed by atoms with E-state index >= 15 is 0 Å². The summed E-state index contributed by atoms with van der Waals surface area (Å²) in [6.07, 6.45) is 3.85. The third-order valence-electron chi connectivity index (χ3n) is 7.37. The van der Waals surface area contributed by atoms with E-state index in [9.17, 15) is 0 Å². The Morgan fingerprint density at radius 1 is 0.750 bits per heavy atom. The van der Waals surface area contributed by atoms with Crippen LogP contribution in [0, 0.1) is 10.8 Å². The number of rotatable bonds is 4. The summed E-state index contributed by atoms with van der Waals surface area (Å²) in [5.41, 5.74) is 22.0. The number of nitrogens with one attached hydrogen (secondary N) is 2. The van der Waals surface area contributed by atoms with Gasteiger partial charge in [0.15, 0.2) is 0 Å². The van der Waals surface area contributed by atoms with E-state index in [1.807, 2.05) is 6.20 Å². The third-order valence-corrected chi connectivity index (χ3v) is 7.37. The van der Waals surface area contributed by atoms with E-state index < -0.39 is 0 Å². The molecule has 2 aromatic heterocycles. The number of H-pyrrole nitrogens is 2. The predicted molar refractivity (Wildman–Crippen MR) is 147 cm³/mol. The largest absolute Gasteiger partial charge is 0.347 e. The minimum Gasteiger partial charge on any atom is -0.347 e. The van der Waals surface area contributed by atoms with Crippen LogP contribution in [0.2, 0.25) is 0 Å². The van der Waals surface area contributed by atoms with Crippen LogP contribution in [-0.4, -0.2) is 19.9 Å². The van der Waals surface area contributed by atoms with E-state index in [0.29, 0.717) is 0 Å². The number of aromatic amines is 2. The Morgan fingerprint density at radius 3 is 2.03 bits per heavy atom. The molecule has 1 aliphatic carbocycles. The van der Waals surface area contributed by atoms with Gasteiger partial charge in [-0.3, -0.25) is 0 Å². The number of benzene rings is 2. The first-order valence-corrected chi connectivity index (χ1v) is 12.8. The van der Waals surface area contributed by atoms with Crippen molar-refractivity contribution in [1.29, 1.82) is 0 Å². The molecule has 1 aliphatic rings. The van der Waals surface area contributed by atoms with E-state index in [4.69, 9.17) is 21.4 Å². The topological polar surface area (TPSA) is 109 Å². The van der Waals surface area contributed by atoms with Crippen molar-refractivity contribution in [3.63, 3.8) is 0 Å². The number of imidazole rings is 2. The summed E-state index contributed by atoms with van der Waals surface area (Å²) in [6, 6.07) is 15.1. The van der Waals surface area contributed by atoms with E-state index in [1.165, 1.54) is 22.3 Å². The highest BCUT2D eigenvalue weighted by Crippen LogP contribution is 2.38. The molecule has 0 fully saturated rings. The second-order valence-electron chi connectivity index (χ2n) is 12.3. The molecule has 0 radical (unpaired) electrons. The molecule has 4 aromatic rings. The fourth-order valence-electron chi connectivity index (χ4n) is 4.76. The highest BCUT2D eigenvalue weighted by molar-refractivity contribution is 5.76. The molecule has 0 amide bonds. The first-order valence-electron chi connectivity index (χ1n) is 12.8. The number of nitrogens with two attached hydrogens (primary N) is 2. The molecule has 1 unspecified atom stereocenters. The van der Waals surface area contributed by atoms with Gasteiger partial charge < -0.3 is 21.4 Å². The van der Waals surface area contributed by atoms with Crippen molar-refractivity contribution >= 4 is 0 Å². The zero-order valence-corrected chi connectivity index (χ0v) is 22.2. The average molecular weight is 483 g/mol. The van der Waals surface area contributed by atoms with Crippen LogP contribution in [0.5, 0.6) is 0 Å². The summed E-state index contributed by atoms with van der Waals surface area (Å²) >= 11 is 0. The second-order valence-corrected chi connectivity index (χ2v) is 12.3. The monoisotopic (exact) mass is 482 g/mol. The molecule has 0 bridgehead atoms. The van der Waals surface area contributed by atoms with E-state index in [0.717, 1.165) is 47.1 Å². The first kappa shape index (κ1) is 24.5. The van der Waals surface area contributed by atoms with Gasteiger partial charge in [-0.05, 0) is 40.4 Å². The van der Waals surface area contributed by atoms with Crippen molar-refractivity contribution in [1.82, 2.24) is 19.9 Å². The number of fused-ring (bicyclic) bond motifs is 3. The smallest absolute Gasteiger partial charge is 0.124 e. The van der Waals surface area contributed by atoms with Gasteiger partial charge in [-0.2, -0.15) is 0 Å². The Labute approximate surface area is 214 Å². The van der Waals surface area contributed by atoms with E-state index in [2.05, 4.69) is 94.0 Å². The molecule has 0 saturated heterocycles.